The van der Waals surface area contributed by atoms with Gasteiger partial charge in [0.1, 0.15) is 60.7 Å². The number of carbonyl (C=O) groups excluding carboxylic acids is 5. The van der Waals surface area contributed by atoms with E-state index in [0.29, 0.717) is 28.4 Å². The molecule has 3 N–H and O–H groups in total. The highest BCUT2D eigenvalue weighted by Gasteiger charge is 2.46. The average molecular weight is 1120 g/mol. The molecule has 24 nitrogen and oxygen atoms in total. The first-order valence-electron chi connectivity index (χ1n) is 23.7. The van der Waals surface area contributed by atoms with Gasteiger partial charge in [0, 0.05) is 53.6 Å². The summed E-state index contributed by atoms with van der Waals surface area (Å²) in [6.07, 6.45) is 1.23. The van der Waals surface area contributed by atoms with Crippen molar-refractivity contribution in [1.82, 2.24) is 39.0 Å². The number of nitrogens with zero attached hydrogens (tertiary/aromatic N) is 8. The molecule has 0 bridgehead atoms. The minimum atomic E-state index is -4.47. The van der Waals surface area contributed by atoms with Crippen LogP contribution in [0.3, 0.4) is 0 Å². The molecular weight excluding hydrogens is 1060 g/mol. The zero-order chi connectivity index (χ0) is 53.8. The highest BCUT2D eigenvalue weighted by atomic mass is 35.5. The van der Waals surface area contributed by atoms with Gasteiger partial charge in [-0.05, 0) is 31.6 Å². The Morgan fingerprint density at radius 2 is 1.63 bits per heavy atom. The molecule has 28 heteroatoms. The normalized spacial score (nSPS) is 20.8. The second-order valence-electron chi connectivity index (χ2n) is 17.2. The van der Waals surface area contributed by atoms with Crippen LogP contribution >= 0.6 is 41.4 Å². The lowest BCUT2D eigenvalue weighted by Gasteiger charge is -2.25. The average Bonchev–Trinajstić information content (AvgIpc) is 4.21. The molecule has 7 atom stereocenters. The highest BCUT2D eigenvalue weighted by molar-refractivity contribution is 8.55. The van der Waals surface area contributed by atoms with Gasteiger partial charge in [-0.25, -0.2) is 24.5 Å². The van der Waals surface area contributed by atoms with Gasteiger partial charge in [0.05, 0.1) is 38.2 Å². The van der Waals surface area contributed by atoms with Crippen molar-refractivity contribution in [3.8, 4) is 5.88 Å². The quantitative estimate of drug-likeness (QED) is 0.0127. The Balaban J connectivity index is 1.14. The first-order valence-corrected chi connectivity index (χ1v) is 27.8. The van der Waals surface area contributed by atoms with E-state index in [2.05, 4.69) is 40.5 Å². The summed E-state index contributed by atoms with van der Waals surface area (Å²) >= 11 is 13.1. The monoisotopic (exact) mass is 1120 g/mol. The summed E-state index contributed by atoms with van der Waals surface area (Å²) in [5.41, 5.74) is 1.14. The maximum absolute atomic E-state index is 15.0. The Kier molecular flexibility index (Phi) is 19.9. The molecule has 2 saturated heterocycles. The second-order valence-corrected chi connectivity index (χ2v) is 21.9. The first-order chi connectivity index (χ1) is 36.0. The standard InChI is InChI=1S/C47H55Cl2N10O14PS/c1-6-11-29(49)16-30(19-48)69-46-40-43(55-47(57-46)56-44(64)26(3)4)59(24-53-40)36-18-32(33(20-60)70-36)73-74(66,75-25-67-37(62)7-2)68-21-34-31(72-38(63)15-14-27(5)61)17-35(71-34)58-23-52-39-41(50-22-51-42(39)58)54-45(65)28-12-9-8-10-13-28/h8-13,16,22-24,26,31-36,60H,6-7,14-15,17-21,25H2,1-5H3,(H,50,51,54,65)(H,55,56,57,64). The van der Waals surface area contributed by atoms with Crippen LogP contribution in [0.1, 0.15) is 96.0 Å². The number of Topliss-reactive ketones (excluding diaryl/α,β-unsaturated/α-hetero) is 1. The van der Waals surface area contributed by atoms with Crippen LogP contribution < -0.4 is 15.4 Å². The number of nitrogens with one attached hydrogen (secondary N) is 2. The summed E-state index contributed by atoms with van der Waals surface area (Å²) in [7, 11) is 0. The van der Waals surface area contributed by atoms with Crippen molar-refractivity contribution in [2.45, 2.75) is 110 Å². The van der Waals surface area contributed by atoms with Crippen LogP contribution in [-0.4, -0.2) is 123 Å². The van der Waals surface area contributed by atoms with E-state index < -0.39 is 92.5 Å². The van der Waals surface area contributed by atoms with E-state index in [1.165, 1.54) is 36.5 Å². The van der Waals surface area contributed by atoms with Gasteiger partial charge in [-0.15, -0.1) is 11.6 Å². The number of anilines is 2. The lowest BCUT2D eigenvalue weighted by atomic mass is 10.2. The molecule has 0 spiro atoms. The fourth-order valence-corrected chi connectivity index (χ4v) is 10.8. The lowest BCUT2D eigenvalue weighted by Crippen LogP contribution is -2.31. The Morgan fingerprint density at radius 1 is 0.920 bits per heavy atom. The van der Waals surface area contributed by atoms with Gasteiger partial charge in [-0.2, -0.15) is 9.97 Å². The van der Waals surface area contributed by atoms with E-state index in [1.807, 2.05) is 6.92 Å². The number of aliphatic hydroxyl groups is 1. The summed E-state index contributed by atoms with van der Waals surface area (Å²) in [6.45, 7) is 2.61. The minimum absolute atomic E-state index is 0.00329. The number of fused-ring (bicyclic) bond motifs is 2. The number of ether oxygens (including phenoxy) is 5. The number of benzene rings is 1. The van der Waals surface area contributed by atoms with Crippen molar-refractivity contribution >= 4 is 105 Å². The van der Waals surface area contributed by atoms with Crippen molar-refractivity contribution in [2.75, 3.05) is 35.7 Å². The molecule has 5 aromatic rings. The third kappa shape index (κ3) is 14.7. The second kappa shape index (κ2) is 26.2. The van der Waals surface area contributed by atoms with Gasteiger partial charge in [-0.3, -0.25) is 42.7 Å². The first kappa shape index (κ1) is 56.8. The number of imidazole rings is 2. The molecule has 7 rings (SSSR count). The largest absolute Gasteiger partial charge is 0.459 e. The number of alkyl halides is 1. The van der Waals surface area contributed by atoms with E-state index in [4.69, 9.17) is 55.9 Å². The van der Waals surface area contributed by atoms with Gasteiger partial charge < -0.3 is 38.9 Å². The third-order valence-electron chi connectivity index (χ3n) is 11.3. The van der Waals surface area contributed by atoms with Crippen molar-refractivity contribution < 1.29 is 66.4 Å². The van der Waals surface area contributed by atoms with Gasteiger partial charge in [0.15, 0.2) is 28.1 Å². The number of halogens is 2. The lowest BCUT2D eigenvalue weighted by molar-refractivity contribution is -0.153. The number of amides is 2. The van der Waals surface area contributed by atoms with Crippen LogP contribution in [0.2, 0.25) is 0 Å². The van der Waals surface area contributed by atoms with Crippen molar-refractivity contribution in [2.24, 2.45) is 5.92 Å². The number of aromatic nitrogens is 8. The molecular formula is C47H55Cl2N10O14PS. The molecule has 1 aromatic carbocycles. The molecule has 4 aromatic heterocycles. The van der Waals surface area contributed by atoms with Crippen LogP contribution in [0, 0.1) is 5.92 Å². The van der Waals surface area contributed by atoms with Crippen molar-refractivity contribution in [3.63, 3.8) is 0 Å². The number of ketones is 1. The zero-order valence-corrected chi connectivity index (χ0v) is 44.6. The Hall–Kier alpha value is -5.89. The topological polar surface area (TPSA) is 299 Å². The number of allylic oxidation sites excluding steroid dienone is 4. The van der Waals surface area contributed by atoms with Gasteiger partial charge >= 0.3 is 18.7 Å². The SMILES string of the molecule is CCC=C(Cl)C=C(CCl)Oc1nc(NC(=O)C(C)C)nc2c1ncn2C1CC(OP(=O)(OCC2OC(n3cnc4c(NC(=O)c5ccccc5)ncnc43)CC2OC(=O)CCC(C)=O)SCOC(=O)CC)C(CO)O1. The van der Waals surface area contributed by atoms with Crippen molar-refractivity contribution in [3.05, 3.63) is 77.8 Å². The van der Waals surface area contributed by atoms with E-state index in [0.717, 1.165) is 0 Å². The summed E-state index contributed by atoms with van der Waals surface area (Å²) in [6, 6.07) is 8.50. The summed E-state index contributed by atoms with van der Waals surface area (Å²) < 4.78 is 60.3. The zero-order valence-electron chi connectivity index (χ0n) is 41.3. The summed E-state index contributed by atoms with van der Waals surface area (Å²) in [4.78, 5) is 89.6. The maximum atomic E-state index is 15.0. The Labute approximate surface area is 443 Å². The molecule has 2 aliphatic heterocycles. The van der Waals surface area contributed by atoms with E-state index in [9.17, 15) is 33.6 Å². The van der Waals surface area contributed by atoms with Gasteiger partial charge in [-0.1, -0.05) is 63.6 Å². The third-order valence-corrected chi connectivity index (χ3v) is 15.2. The Morgan fingerprint density at radius 3 is 2.31 bits per heavy atom. The van der Waals surface area contributed by atoms with Gasteiger partial charge in [0.25, 0.3) is 11.8 Å². The number of rotatable bonds is 25. The fourth-order valence-electron chi connectivity index (χ4n) is 7.52. The van der Waals surface area contributed by atoms with E-state index in [1.54, 1.807) is 61.7 Å². The molecule has 7 unspecified atom stereocenters. The molecule has 2 fully saturated rings. The summed E-state index contributed by atoms with van der Waals surface area (Å²) in [5, 5.41) is 16.4. The highest BCUT2D eigenvalue weighted by Crippen LogP contribution is 2.63. The number of hydrogen-bond acceptors (Lipinski definition) is 21. The van der Waals surface area contributed by atoms with Crippen LogP contribution in [0.4, 0.5) is 11.8 Å². The number of carbonyl (C=O) groups is 5. The van der Waals surface area contributed by atoms with E-state index >= 15 is 0 Å². The molecule has 402 valence electrons. The fraction of sp³-hybridized carbons (Fsp3) is 0.468. The minimum Gasteiger partial charge on any atom is -0.459 e. The number of hydrogen-bond donors (Lipinski definition) is 3. The van der Waals surface area contributed by atoms with Crippen LogP contribution in [0.15, 0.2) is 72.3 Å². The smallest absolute Gasteiger partial charge is 0.392 e. The number of aliphatic hydroxyl groups excluding tert-OH is 1. The van der Waals surface area contributed by atoms with Gasteiger partial charge in [0.2, 0.25) is 11.9 Å². The van der Waals surface area contributed by atoms with Crippen LogP contribution in [0.5, 0.6) is 5.88 Å². The maximum Gasteiger partial charge on any atom is 0.392 e. The predicted octanol–water partition coefficient (Wildman–Crippen LogP) is 7.55. The molecule has 0 saturated carbocycles. The predicted molar refractivity (Wildman–Crippen MR) is 273 cm³/mol. The van der Waals surface area contributed by atoms with Crippen LogP contribution in [0.25, 0.3) is 22.3 Å². The number of esters is 2. The molecule has 75 heavy (non-hydrogen) atoms. The molecule has 6 heterocycles. The van der Waals surface area contributed by atoms with Crippen molar-refractivity contribution in [1.29, 1.82) is 0 Å². The molecule has 2 amide bonds. The summed E-state index contributed by atoms with van der Waals surface area (Å²) in [5.74, 6) is -3.24. The molecule has 0 aliphatic carbocycles. The Bertz CT molecular complexity index is 2980. The van der Waals surface area contributed by atoms with Crippen LogP contribution in [-0.2, 0) is 51.7 Å². The molecule has 2 aliphatic rings. The van der Waals surface area contributed by atoms with E-state index in [-0.39, 0.29) is 89.5 Å². The molecule has 0 radical (unpaired) electrons.